The summed E-state index contributed by atoms with van der Waals surface area (Å²) in [7, 11) is 0. The van der Waals surface area contributed by atoms with Crippen molar-refractivity contribution in [3.63, 3.8) is 0 Å². The number of nitrogens with one attached hydrogen (secondary N) is 1. The molecule has 2 unspecified atom stereocenters. The third kappa shape index (κ3) is 2.75. The van der Waals surface area contributed by atoms with E-state index in [9.17, 15) is 9.59 Å². The SMILES string of the molecule is CCCn1c(=O)c2[nH]c(C[C@H]3CC4CCC3C4)nc2n(CCC)c1=O. The minimum atomic E-state index is -0.223. The molecule has 2 aromatic heterocycles. The van der Waals surface area contributed by atoms with E-state index in [2.05, 4.69) is 4.98 Å². The van der Waals surface area contributed by atoms with Gasteiger partial charge >= 0.3 is 5.69 Å². The molecule has 6 heteroatoms. The number of rotatable bonds is 6. The molecule has 0 aromatic carbocycles. The first-order valence-electron chi connectivity index (χ1n) is 9.84. The Kier molecular flexibility index (Phi) is 4.29. The molecule has 2 fully saturated rings. The molecule has 2 aliphatic carbocycles. The van der Waals surface area contributed by atoms with Gasteiger partial charge in [-0.2, -0.15) is 0 Å². The first-order valence-corrected chi connectivity index (χ1v) is 9.84. The maximum absolute atomic E-state index is 12.8. The van der Waals surface area contributed by atoms with Gasteiger partial charge in [0.15, 0.2) is 5.65 Å². The van der Waals surface area contributed by atoms with E-state index in [0.29, 0.717) is 30.2 Å². The first kappa shape index (κ1) is 16.6. The molecule has 2 heterocycles. The lowest BCUT2D eigenvalue weighted by Gasteiger charge is -2.20. The number of aromatic amines is 1. The maximum Gasteiger partial charge on any atom is 0.332 e. The van der Waals surface area contributed by atoms with E-state index in [4.69, 9.17) is 4.98 Å². The number of fused-ring (bicyclic) bond motifs is 3. The molecule has 136 valence electrons. The summed E-state index contributed by atoms with van der Waals surface area (Å²) < 4.78 is 3.03. The van der Waals surface area contributed by atoms with Crippen LogP contribution in [-0.2, 0) is 19.5 Å². The van der Waals surface area contributed by atoms with Crippen molar-refractivity contribution in [2.24, 2.45) is 17.8 Å². The van der Waals surface area contributed by atoms with Gasteiger partial charge in [0, 0.05) is 19.5 Å². The summed E-state index contributed by atoms with van der Waals surface area (Å²) >= 11 is 0. The van der Waals surface area contributed by atoms with Crippen molar-refractivity contribution in [3.05, 3.63) is 26.7 Å². The third-order valence-corrected chi connectivity index (χ3v) is 6.14. The molecular formula is C19H28N4O2. The lowest BCUT2D eigenvalue weighted by Crippen LogP contribution is -2.40. The molecule has 1 N–H and O–H groups in total. The van der Waals surface area contributed by atoms with Crippen LogP contribution in [0.2, 0.25) is 0 Å². The molecule has 25 heavy (non-hydrogen) atoms. The molecule has 2 bridgehead atoms. The lowest BCUT2D eigenvalue weighted by molar-refractivity contribution is 0.327. The van der Waals surface area contributed by atoms with E-state index < -0.39 is 0 Å². The minimum absolute atomic E-state index is 0.221. The fourth-order valence-electron chi connectivity index (χ4n) is 5.03. The van der Waals surface area contributed by atoms with Crippen LogP contribution in [0.4, 0.5) is 0 Å². The number of hydrogen-bond donors (Lipinski definition) is 1. The van der Waals surface area contributed by atoms with Crippen molar-refractivity contribution < 1.29 is 0 Å². The Morgan fingerprint density at radius 2 is 1.84 bits per heavy atom. The van der Waals surface area contributed by atoms with Crippen LogP contribution in [0.3, 0.4) is 0 Å². The van der Waals surface area contributed by atoms with E-state index in [1.54, 1.807) is 4.57 Å². The molecule has 0 spiro atoms. The Balaban J connectivity index is 1.75. The molecule has 3 atom stereocenters. The smallest absolute Gasteiger partial charge is 0.332 e. The van der Waals surface area contributed by atoms with Gasteiger partial charge in [-0.1, -0.05) is 20.3 Å². The topological polar surface area (TPSA) is 72.7 Å². The predicted molar refractivity (Wildman–Crippen MR) is 97.8 cm³/mol. The Morgan fingerprint density at radius 1 is 1.08 bits per heavy atom. The predicted octanol–water partition coefficient (Wildman–Crippen LogP) is 2.69. The minimum Gasteiger partial charge on any atom is -0.336 e. The van der Waals surface area contributed by atoms with Crippen LogP contribution in [0.1, 0.15) is 58.2 Å². The van der Waals surface area contributed by atoms with E-state index >= 15 is 0 Å². The van der Waals surface area contributed by atoms with Gasteiger partial charge in [-0.05, 0) is 49.9 Å². The Labute approximate surface area is 147 Å². The summed E-state index contributed by atoms with van der Waals surface area (Å²) in [6.07, 6.45) is 7.91. The van der Waals surface area contributed by atoms with Crippen molar-refractivity contribution >= 4 is 11.2 Å². The zero-order valence-electron chi connectivity index (χ0n) is 15.3. The van der Waals surface area contributed by atoms with Gasteiger partial charge in [0.25, 0.3) is 5.56 Å². The zero-order valence-corrected chi connectivity index (χ0v) is 15.3. The molecule has 4 rings (SSSR count). The fourth-order valence-corrected chi connectivity index (χ4v) is 5.03. The maximum atomic E-state index is 12.8. The second-order valence-electron chi connectivity index (χ2n) is 7.91. The number of H-pyrrole nitrogens is 1. The van der Waals surface area contributed by atoms with Crippen molar-refractivity contribution in [1.82, 2.24) is 19.1 Å². The molecule has 2 aromatic rings. The van der Waals surface area contributed by atoms with E-state index in [1.807, 2.05) is 13.8 Å². The summed E-state index contributed by atoms with van der Waals surface area (Å²) in [5, 5.41) is 0. The van der Waals surface area contributed by atoms with Gasteiger partial charge in [-0.25, -0.2) is 9.78 Å². The first-order chi connectivity index (χ1) is 12.1. The number of aryl methyl sites for hydroxylation is 1. The van der Waals surface area contributed by atoms with Crippen molar-refractivity contribution in [1.29, 1.82) is 0 Å². The summed E-state index contributed by atoms with van der Waals surface area (Å²) in [6.45, 7) is 5.07. The molecule has 2 saturated carbocycles. The molecule has 0 radical (unpaired) electrons. The number of aromatic nitrogens is 4. The Hall–Kier alpha value is -1.85. The second kappa shape index (κ2) is 6.46. The molecule has 0 aliphatic heterocycles. The lowest BCUT2D eigenvalue weighted by atomic mass is 9.86. The highest BCUT2D eigenvalue weighted by molar-refractivity contribution is 5.69. The Morgan fingerprint density at radius 3 is 2.48 bits per heavy atom. The van der Waals surface area contributed by atoms with Crippen LogP contribution in [0.5, 0.6) is 0 Å². The molecule has 0 saturated heterocycles. The van der Waals surface area contributed by atoms with Gasteiger partial charge in [0.1, 0.15) is 11.3 Å². The van der Waals surface area contributed by atoms with E-state index in [0.717, 1.165) is 36.9 Å². The second-order valence-corrected chi connectivity index (χ2v) is 7.91. The van der Waals surface area contributed by atoms with Gasteiger partial charge in [-0.3, -0.25) is 13.9 Å². The van der Waals surface area contributed by atoms with Gasteiger partial charge in [0.2, 0.25) is 0 Å². The van der Waals surface area contributed by atoms with Crippen molar-refractivity contribution in [2.45, 2.75) is 71.9 Å². The number of imidazole rings is 1. The van der Waals surface area contributed by atoms with Crippen LogP contribution < -0.4 is 11.2 Å². The van der Waals surface area contributed by atoms with E-state index in [1.165, 1.54) is 30.3 Å². The largest absolute Gasteiger partial charge is 0.336 e. The zero-order chi connectivity index (χ0) is 17.6. The average Bonchev–Trinajstić information content (AvgIpc) is 3.31. The Bertz CT molecular complexity index is 891. The summed E-state index contributed by atoms with van der Waals surface area (Å²) in [5.74, 6) is 3.29. The van der Waals surface area contributed by atoms with Crippen LogP contribution in [0.25, 0.3) is 11.2 Å². The number of hydrogen-bond acceptors (Lipinski definition) is 3. The standard InChI is InChI=1S/C19H28N4O2/c1-3-7-22-17-16(18(24)23(8-4-2)19(22)25)20-15(21-17)11-14-10-12-5-6-13(14)9-12/h12-14H,3-11H2,1-2H3,(H,20,21)/t12?,13?,14-/m1/s1. The third-order valence-electron chi connectivity index (χ3n) is 6.14. The normalized spacial score (nSPS) is 25.3. The highest BCUT2D eigenvalue weighted by Crippen LogP contribution is 2.49. The molecule has 0 amide bonds. The highest BCUT2D eigenvalue weighted by Gasteiger charge is 2.39. The van der Waals surface area contributed by atoms with Crippen LogP contribution in [-0.4, -0.2) is 19.1 Å². The van der Waals surface area contributed by atoms with Crippen LogP contribution in [0, 0.1) is 17.8 Å². The molecular weight excluding hydrogens is 316 g/mol. The van der Waals surface area contributed by atoms with Crippen LogP contribution >= 0.6 is 0 Å². The molecule has 2 aliphatic rings. The highest BCUT2D eigenvalue weighted by atomic mass is 16.2. The van der Waals surface area contributed by atoms with Gasteiger partial charge in [-0.15, -0.1) is 0 Å². The van der Waals surface area contributed by atoms with E-state index in [-0.39, 0.29) is 11.2 Å². The van der Waals surface area contributed by atoms with Crippen molar-refractivity contribution in [2.75, 3.05) is 0 Å². The van der Waals surface area contributed by atoms with Crippen LogP contribution in [0.15, 0.2) is 9.59 Å². The monoisotopic (exact) mass is 344 g/mol. The summed E-state index contributed by atoms with van der Waals surface area (Å²) in [4.78, 5) is 33.4. The van der Waals surface area contributed by atoms with Gasteiger partial charge in [0.05, 0.1) is 0 Å². The van der Waals surface area contributed by atoms with Crippen molar-refractivity contribution in [3.8, 4) is 0 Å². The fraction of sp³-hybridized carbons (Fsp3) is 0.737. The average molecular weight is 344 g/mol. The number of nitrogens with zero attached hydrogens (tertiary/aromatic N) is 3. The summed E-state index contributed by atoms with van der Waals surface area (Å²) in [5.41, 5.74) is 0.599. The quantitative estimate of drug-likeness (QED) is 0.875. The molecule has 6 nitrogen and oxygen atoms in total. The van der Waals surface area contributed by atoms with Gasteiger partial charge < -0.3 is 4.98 Å². The summed E-state index contributed by atoms with van der Waals surface area (Å²) in [6, 6.07) is 0.